The zero-order valence-corrected chi connectivity index (χ0v) is 24.7. The lowest BCUT2D eigenvalue weighted by Gasteiger charge is -2.58. The van der Waals surface area contributed by atoms with Crippen LogP contribution in [0.3, 0.4) is 0 Å². The van der Waals surface area contributed by atoms with Gasteiger partial charge in [-0.15, -0.1) is 0 Å². The van der Waals surface area contributed by atoms with Gasteiger partial charge in [-0.2, -0.15) is 0 Å². The highest BCUT2D eigenvalue weighted by Crippen LogP contribution is 2.69. The van der Waals surface area contributed by atoms with E-state index in [-0.39, 0.29) is 23.4 Å². The van der Waals surface area contributed by atoms with E-state index in [0.717, 1.165) is 62.8 Å². The minimum absolute atomic E-state index is 0.0219. The predicted molar refractivity (Wildman–Crippen MR) is 150 cm³/mol. The van der Waals surface area contributed by atoms with Crippen molar-refractivity contribution >= 4 is 11.9 Å². The predicted octanol–water partition coefficient (Wildman–Crippen LogP) is 7.11. The number of nitrogens with one attached hydrogen (secondary N) is 1. The summed E-state index contributed by atoms with van der Waals surface area (Å²) in [5, 5.41) is 2.96. The first kappa shape index (κ1) is 27.8. The molecule has 3 saturated carbocycles. The molecular formula is C33H51NO4. The summed E-state index contributed by atoms with van der Waals surface area (Å²) >= 11 is 0. The van der Waals surface area contributed by atoms with Crippen LogP contribution in [0.25, 0.3) is 0 Å². The summed E-state index contributed by atoms with van der Waals surface area (Å²) in [4.78, 5) is 23.4. The SMILES string of the molecule is CCCC(=O)O[C@H]1CC[C@@]2(C)C(=CC[C@H]3[C@H]4C[C@H]5OC(CC[C@@H](C)CNC(C)=O)=C(C)[C@@H]5[C@@]4(C)CC[C@H]32)C1. The summed E-state index contributed by atoms with van der Waals surface area (Å²) in [7, 11) is 0. The molecule has 0 bridgehead atoms. The zero-order chi connectivity index (χ0) is 27.2. The number of esters is 1. The van der Waals surface area contributed by atoms with Crippen molar-refractivity contribution in [3.8, 4) is 0 Å². The Morgan fingerprint density at radius 3 is 2.74 bits per heavy atom. The fraction of sp³-hybridized carbons (Fsp3) is 0.818. The van der Waals surface area contributed by atoms with Crippen LogP contribution in [0.2, 0.25) is 0 Å². The van der Waals surface area contributed by atoms with Crippen LogP contribution in [0.15, 0.2) is 23.0 Å². The van der Waals surface area contributed by atoms with Crippen molar-refractivity contribution in [1.29, 1.82) is 0 Å². The highest BCUT2D eigenvalue weighted by molar-refractivity contribution is 5.72. The second-order valence-corrected chi connectivity index (χ2v) is 14.0. The molecule has 5 heteroatoms. The van der Waals surface area contributed by atoms with E-state index in [1.54, 1.807) is 12.5 Å². The van der Waals surface area contributed by atoms with Crippen molar-refractivity contribution in [1.82, 2.24) is 5.32 Å². The first-order chi connectivity index (χ1) is 18.1. The molecule has 0 aromatic heterocycles. The minimum Gasteiger partial charge on any atom is -0.494 e. The topological polar surface area (TPSA) is 64.6 Å². The lowest BCUT2D eigenvalue weighted by Crippen LogP contribution is -2.50. The standard InChI is InChI=1S/C33H51NO4/c1-7-8-30(36)37-24-13-15-32(5)23(17-24)10-11-25-26(32)14-16-33(6)27(25)18-29-31(33)21(3)28(38-29)12-9-20(2)19-34-22(4)35/h10,20,24-27,29,31H,7-9,11-19H2,1-6H3,(H,34,35)/t20-,24+,25-,26-,27-,29-,31+,32+,33+/m1/s1. The zero-order valence-electron chi connectivity index (χ0n) is 24.7. The summed E-state index contributed by atoms with van der Waals surface area (Å²) in [6, 6.07) is 0. The second kappa shape index (κ2) is 10.7. The van der Waals surface area contributed by atoms with Gasteiger partial charge in [-0.05, 0) is 98.4 Å². The van der Waals surface area contributed by atoms with Crippen molar-refractivity contribution < 1.29 is 19.1 Å². The molecule has 0 radical (unpaired) electrons. The third kappa shape index (κ3) is 4.85. The molecule has 9 atom stereocenters. The Balaban J connectivity index is 1.26. The van der Waals surface area contributed by atoms with Crippen LogP contribution in [0, 0.1) is 40.4 Å². The van der Waals surface area contributed by atoms with E-state index >= 15 is 0 Å². The highest BCUT2D eigenvalue weighted by Gasteiger charge is 2.63. The number of allylic oxidation sites excluding steroid dienone is 2. The molecule has 0 unspecified atom stereocenters. The summed E-state index contributed by atoms with van der Waals surface area (Å²) in [6.45, 7) is 14.0. The molecule has 0 spiro atoms. The highest BCUT2D eigenvalue weighted by atomic mass is 16.5. The van der Waals surface area contributed by atoms with Gasteiger partial charge in [0, 0.05) is 38.6 Å². The third-order valence-corrected chi connectivity index (χ3v) is 11.6. The van der Waals surface area contributed by atoms with Crippen LogP contribution in [0.1, 0.15) is 112 Å². The first-order valence-corrected chi connectivity index (χ1v) is 15.6. The van der Waals surface area contributed by atoms with Gasteiger partial charge in [-0.25, -0.2) is 0 Å². The maximum absolute atomic E-state index is 12.1. The number of carbonyl (C=O) groups is 2. The maximum atomic E-state index is 12.1. The molecule has 0 aromatic rings. The van der Waals surface area contributed by atoms with Gasteiger partial charge < -0.3 is 14.8 Å². The van der Waals surface area contributed by atoms with Crippen LogP contribution >= 0.6 is 0 Å². The molecule has 1 N–H and O–H groups in total. The average Bonchev–Trinajstić information content (AvgIpc) is 3.34. The van der Waals surface area contributed by atoms with Crippen LogP contribution < -0.4 is 5.32 Å². The van der Waals surface area contributed by atoms with Gasteiger partial charge in [0.25, 0.3) is 0 Å². The van der Waals surface area contributed by atoms with Crippen molar-refractivity contribution in [2.75, 3.05) is 6.54 Å². The average molecular weight is 526 g/mol. The van der Waals surface area contributed by atoms with Crippen molar-refractivity contribution in [3.05, 3.63) is 23.0 Å². The third-order valence-electron chi connectivity index (χ3n) is 11.6. The van der Waals surface area contributed by atoms with E-state index in [9.17, 15) is 9.59 Å². The lowest BCUT2D eigenvalue weighted by molar-refractivity contribution is -0.151. The summed E-state index contributed by atoms with van der Waals surface area (Å²) in [5.74, 6) is 4.49. The molecule has 38 heavy (non-hydrogen) atoms. The molecular weight excluding hydrogens is 474 g/mol. The van der Waals surface area contributed by atoms with Gasteiger partial charge in [-0.1, -0.05) is 39.3 Å². The molecule has 5 aliphatic rings. The lowest BCUT2D eigenvalue weighted by atomic mass is 9.47. The Hall–Kier alpha value is -1.78. The summed E-state index contributed by atoms with van der Waals surface area (Å²) in [6.07, 6.45) is 14.5. The number of amides is 1. The molecule has 1 aliphatic heterocycles. The Bertz CT molecular complexity index is 999. The Morgan fingerprint density at radius 2 is 2.00 bits per heavy atom. The van der Waals surface area contributed by atoms with E-state index in [1.807, 2.05) is 6.92 Å². The maximum Gasteiger partial charge on any atom is 0.306 e. The molecule has 5 nitrogen and oxygen atoms in total. The van der Waals surface area contributed by atoms with E-state index in [1.165, 1.54) is 37.0 Å². The Morgan fingerprint density at radius 1 is 1.21 bits per heavy atom. The van der Waals surface area contributed by atoms with Crippen LogP contribution in [-0.4, -0.2) is 30.6 Å². The van der Waals surface area contributed by atoms with Crippen molar-refractivity contribution in [3.63, 3.8) is 0 Å². The molecule has 1 heterocycles. The first-order valence-electron chi connectivity index (χ1n) is 15.6. The Labute approximate surface area is 230 Å². The van der Waals surface area contributed by atoms with Gasteiger partial charge >= 0.3 is 5.97 Å². The number of hydrogen-bond donors (Lipinski definition) is 1. The fourth-order valence-electron chi connectivity index (χ4n) is 9.56. The fourth-order valence-corrected chi connectivity index (χ4v) is 9.56. The number of carbonyl (C=O) groups excluding carboxylic acids is 2. The van der Waals surface area contributed by atoms with Gasteiger partial charge in [0.05, 0.1) is 5.76 Å². The van der Waals surface area contributed by atoms with Crippen LogP contribution in [-0.2, 0) is 19.1 Å². The molecule has 212 valence electrons. The molecule has 4 aliphatic carbocycles. The van der Waals surface area contributed by atoms with Crippen LogP contribution in [0.4, 0.5) is 0 Å². The smallest absolute Gasteiger partial charge is 0.306 e. The van der Waals surface area contributed by atoms with E-state index < -0.39 is 0 Å². The number of hydrogen-bond acceptors (Lipinski definition) is 4. The van der Waals surface area contributed by atoms with E-state index in [0.29, 0.717) is 29.8 Å². The van der Waals surface area contributed by atoms with Gasteiger partial charge in [0.1, 0.15) is 12.2 Å². The molecule has 5 rings (SSSR count). The normalized spacial score (nSPS) is 40.2. The number of fused-ring (bicyclic) bond motifs is 7. The summed E-state index contributed by atoms with van der Waals surface area (Å²) < 4.78 is 12.6. The van der Waals surface area contributed by atoms with Gasteiger partial charge in [0.15, 0.2) is 0 Å². The van der Waals surface area contributed by atoms with Crippen molar-refractivity contribution in [2.24, 2.45) is 40.4 Å². The minimum atomic E-state index is -0.0219. The van der Waals surface area contributed by atoms with Gasteiger partial charge in [0.2, 0.25) is 5.91 Å². The molecule has 0 saturated heterocycles. The molecule has 0 aromatic carbocycles. The second-order valence-electron chi connectivity index (χ2n) is 14.0. The van der Waals surface area contributed by atoms with Gasteiger partial charge in [-0.3, -0.25) is 9.59 Å². The molecule has 3 fully saturated rings. The van der Waals surface area contributed by atoms with E-state index in [2.05, 4.69) is 39.1 Å². The molecule has 1 amide bonds. The monoisotopic (exact) mass is 525 g/mol. The van der Waals surface area contributed by atoms with Crippen LogP contribution in [0.5, 0.6) is 0 Å². The Kier molecular flexibility index (Phi) is 7.79. The summed E-state index contributed by atoms with van der Waals surface area (Å²) in [5.41, 5.74) is 3.67. The van der Waals surface area contributed by atoms with Crippen molar-refractivity contribution in [2.45, 2.75) is 124 Å². The van der Waals surface area contributed by atoms with E-state index in [4.69, 9.17) is 9.47 Å². The largest absolute Gasteiger partial charge is 0.494 e. The number of ether oxygens (including phenoxy) is 2. The number of rotatable bonds is 8. The quantitative estimate of drug-likeness (QED) is 0.271.